The Morgan fingerprint density at radius 3 is 2.57 bits per heavy atom. The first-order valence-electron chi connectivity index (χ1n) is 9.22. The van der Waals surface area contributed by atoms with E-state index < -0.39 is 12.0 Å². The van der Waals surface area contributed by atoms with Crippen molar-refractivity contribution >= 4 is 28.7 Å². The molecule has 7 nitrogen and oxygen atoms in total. The summed E-state index contributed by atoms with van der Waals surface area (Å²) in [5.41, 5.74) is 1.36. The van der Waals surface area contributed by atoms with E-state index in [1.54, 1.807) is 36.9 Å². The quantitative estimate of drug-likeness (QED) is 0.494. The third kappa shape index (κ3) is 5.65. The Bertz CT molecular complexity index is 976. The minimum absolute atomic E-state index is 0.120. The van der Waals surface area contributed by atoms with Crippen LogP contribution in [0.15, 0.2) is 60.1 Å². The Labute approximate surface area is 178 Å². The van der Waals surface area contributed by atoms with E-state index in [2.05, 4.69) is 10.3 Å². The monoisotopic (exact) mass is 426 g/mol. The van der Waals surface area contributed by atoms with E-state index in [4.69, 9.17) is 14.2 Å². The zero-order chi connectivity index (χ0) is 21.3. The smallest absolute Gasteiger partial charge is 0.254 e. The van der Waals surface area contributed by atoms with Crippen molar-refractivity contribution in [3.8, 4) is 11.5 Å². The van der Waals surface area contributed by atoms with Gasteiger partial charge < -0.3 is 19.5 Å². The molecule has 0 radical (unpaired) electrons. The molecule has 0 bridgehead atoms. The average Bonchev–Trinajstić information content (AvgIpc) is 3.32. The Morgan fingerprint density at radius 2 is 1.90 bits per heavy atom. The standard InChI is InChI=1S/C22H22N2O5S/c1-27-16-8-9-17(19(12-16)28-2)24-21(26)20(13-18(25)22-23-10-11-30-22)29-14-15-6-4-3-5-7-15/h3-12,20H,13-14H2,1-2H3,(H,24,26)/t20-/m1/s1. The van der Waals surface area contributed by atoms with Crippen LogP contribution in [0.4, 0.5) is 5.69 Å². The van der Waals surface area contributed by atoms with Gasteiger partial charge in [-0.1, -0.05) is 30.3 Å². The molecular weight excluding hydrogens is 404 g/mol. The number of amides is 1. The number of benzene rings is 2. The molecule has 1 heterocycles. The SMILES string of the molecule is COc1ccc(NC(=O)[C@@H](CC(=O)c2nccs2)OCc2ccccc2)c(OC)c1. The Balaban J connectivity index is 1.75. The highest BCUT2D eigenvalue weighted by Gasteiger charge is 2.25. The van der Waals surface area contributed by atoms with E-state index in [-0.39, 0.29) is 18.8 Å². The molecular formula is C22H22N2O5S. The zero-order valence-corrected chi connectivity index (χ0v) is 17.5. The van der Waals surface area contributed by atoms with Gasteiger partial charge in [0.2, 0.25) is 0 Å². The van der Waals surface area contributed by atoms with Gasteiger partial charge in [-0.2, -0.15) is 0 Å². The summed E-state index contributed by atoms with van der Waals surface area (Å²) in [5, 5.41) is 4.85. The normalized spacial score (nSPS) is 11.5. The lowest BCUT2D eigenvalue weighted by molar-refractivity contribution is -0.128. The van der Waals surface area contributed by atoms with Crippen LogP contribution in [0.2, 0.25) is 0 Å². The van der Waals surface area contributed by atoms with Crippen LogP contribution in [0.3, 0.4) is 0 Å². The van der Waals surface area contributed by atoms with Crippen LogP contribution in [-0.4, -0.2) is 37.0 Å². The molecule has 0 saturated carbocycles. The molecule has 0 spiro atoms. The summed E-state index contributed by atoms with van der Waals surface area (Å²) >= 11 is 1.23. The lowest BCUT2D eigenvalue weighted by Gasteiger charge is -2.18. The zero-order valence-electron chi connectivity index (χ0n) is 16.7. The summed E-state index contributed by atoms with van der Waals surface area (Å²) in [4.78, 5) is 29.5. The number of carbonyl (C=O) groups excluding carboxylic acids is 2. The molecule has 156 valence electrons. The number of nitrogens with zero attached hydrogens (tertiary/aromatic N) is 1. The van der Waals surface area contributed by atoms with Crippen molar-refractivity contribution in [2.45, 2.75) is 19.1 Å². The third-order valence-electron chi connectivity index (χ3n) is 4.29. The molecule has 1 amide bonds. The number of hydrogen-bond acceptors (Lipinski definition) is 7. The Morgan fingerprint density at radius 1 is 1.10 bits per heavy atom. The summed E-state index contributed by atoms with van der Waals surface area (Å²) in [6.07, 6.45) is 0.443. The first kappa shape index (κ1) is 21.5. The van der Waals surface area contributed by atoms with Crippen molar-refractivity contribution in [1.29, 1.82) is 0 Å². The van der Waals surface area contributed by atoms with Crippen molar-refractivity contribution in [3.63, 3.8) is 0 Å². The molecule has 0 fully saturated rings. The molecule has 1 N–H and O–H groups in total. The lowest BCUT2D eigenvalue weighted by Crippen LogP contribution is -2.32. The van der Waals surface area contributed by atoms with E-state index in [1.165, 1.54) is 18.4 Å². The summed E-state index contributed by atoms with van der Waals surface area (Å²) in [5.74, 6) is 0.343. The molecule has 2 aromatic carbocycles. The van der Waals surface area contributed by atoms with Gasteiger partial charge in [-0.05, 0) is 17.7 Å². The second-order valence-electron chi connectivity index (χ2n) is 6.31. The number of Topliss-reactive ketones (excluding diaryl/α,β-unsaturated/α-hetero) is 1. The number of nitrogens with one attached hydrogen (secondary N) is 1. The topological polar surface area (TPSA) is 86.8 Å². The molecule has 8 heteroatoms. The van der Waals surface area contributed by atoms with Gasteiger partial charge in [0.15, 0.2) is 10.8 Å². The molecule has 3 aromatic rings. The van der Waals surface area contributed by atoms with Gasteiger partial charge in [0.25, 0.3) is 5.91 Å². The van der Waals surface area contributed by atoms with Gasteiger partial charge in [-0.3, -0.25) is 9.59 Å². The van der Waals surface area contributed by atoms with Crippen molar-refractivity contribution in [2.24, 2.45) is 0 Å². The maximum Gasteiger partial charge on any atom is 0.254 e. The van der Waals surface area contributed by atoms with Crippen LogP contribution < -0.4 is 14.8 Å². The van der Waals surface area contributed by atoms with Crippen molar-refractivity contribution < 1.29 is 23.8 Å². The highest BCUT2D eigenvalue weighted by molar-refractivity contribution is 7.11. The van der Waals surface area contributed by atoms with Gasteiger partial charge >= 0.3 is 0 Å². The number of anilines is 1. The maximum atomic E-state index is 13.0. The minimum atomic E-state index is -0.992. The van der Waals surface area contributed by atoms with Crippen molar-refractivity contribution in [2.75, 3.05) is 19.5 Å². The molecule has 0 aliphatic rings. The Hall–Kier alpha value is -3.23. The molecule has 0 saturated heterocycles. The first-order chi connectivity index (χ1) is 14.6. The van der Waals surface area contributed by atoms with E-state index in [0.717, 1.165) is 5.56 Å². The number of hydrogen-bond donors (Lipinski definition) is 1. The van der Waals surface area contributed by atoms with Crippen LogP contribution in [-0.2, 0) is 16.1 Å². The predicted octanol–water partition coefficient (Wildman–Crippen LogP) is 3.96. The number of ketones is 1. The number of methoxy groups -OCH3 is 2. The van der Waals surface area contributed by atoms with Gasteiger partial charge in [0, 0.05) is 24.1 Å². The van der Waals surface area contributed by atoms with Gasteiger partial charge in [0.05, 0.1) is 26.5 Å². The van der Waals surface area contributed by atoms with E-state index in [0.29, 0.717) is 22.2 Å². The lowest BCUT2D eigenvalue weighted by atomic mass is 10.1. The molecule has 3 rings (SSSR count). The second kappa shape index (κ2) is 10.5. The number of aromatic nitrogens is 1. The average molecular weight is 426 g/mol. The molecule has 30 heavy (non-hydrogen) atoms. The molecule has 1 aromatic heterocycles. The minimum Gasteiger partial charge on any atom is -0.497 e. The fourth-order valence-corrected chi connectivity index (χ4v) is 3.32. The first-order valence-corrected chi connectivity index (χ1v) is 10.1. The fraction of sp³-hybridized carbons (Fsp3) is 0.227. The van der Waals surface area contributed by atoms with Crippen molar-refractivity contribution in [1.82, 2.24) is 4.98 Å². The summed E-state index contributed by atoms with van der Waals surface area (Å²) in [6, 6.07) is 14.5. The molecule has 0 aliphatic heterocycles. The van der Waals surface area contributed by atoms with E-state index >= 15 is 0 Å². The number of thiazole rings is 1. The summed E-state index contributed by atoms with van der Waals surface area (Å²) in [7, 11) is 3.05. The van der Waals surface area contributed by atoms with Crippen LogP contribution in [0.5, 0.6) is 11.5 Å². The highest BCUT2D eigenvalue weighted by atomic mass is 32.1. The van der Waals surface area contributed by atoms with Crippen molar-refractivity contribution in [3.05, 3.63) is 70.7 Å². The van der Waals surface area contributed by atoms with Crippen LogP contribution in [0.1, 0.15) is 21.8 Å². The molecule has 0 unspecified atom stereocenters. The second-order valence-corrected chi connectivity index (χ2v) is 7.20. The number of rotatable bonds is 10. The fourth-order valence-electron chi connectivity index (χ4n) is 2.73. The molecule has 1 atom stereocenters. The summed E-state index contributed by atoms with van der Waals surface area (Å²) < 4.78 is 16.3. The largest absolute Gasteiger partial charge is 0.497 e. The highest BCUT2D eigenvalue weighted by Crippen LogP contribution is 2.29. The van der Waals surface area contributed by atoms with Crippen LogP contribution >= 0.6 is 11.3 Å². The number of carbonyl (C=O) groups is 2. The van der Waals surface area contributed by atoms with Crippen LogP contribution in [0, 0.1) is 0 Å². The van der Waals surface area contributed by atoms with E-state index in [9.17, 15) is 9.59 Å². The maximum absolute atomic E-state index is 13.0. The summed E-state index contributed by atoms with van der Waals surface area (Å²) in [6.45, 7) is 0.198. The van der Waals surface area contributed by atoms with Gasteiger partial charge in [0.1, 0.15) is 17.6 Å². The predicted molar refractivity (Wildman–Crippen MR) is 114 cm³/mol. The third-order valence-corrected chi connectivity index (χ3v) is 5.11. The van der Waals surface area contributed by atoms with Gasteiger partial charge in [-0.15, -0.1) is 11.3 Å². The molecule has 0 aliphatic carbocycles. The Kier molecular flexibility index (Phi) is 7.53. The van der Waals surface area contributed by atoms with E-state index in [1.807, 2.05) is 30.3 Å². The number of ether oxygens (including phenoxy) is 3. The van der Waals surface area contributed by atoms with Gasteiger partial charge in [-0.25, -0.2) is 4.98 Å². The van der Waals surface area contributed by atoms with Crippen LogP contribution in [0.25, 0.3) is 0 Å².